The maximum atomic E-state index is 12.3. The zero-order valence-corrected chi connectivity index (χ0v) is 11.8. The van der Waals surface area contributed by atoms with Gasteiger partial charge in [-0.05, 0) is 25.5 Å². The van der Waals surface area contributed by atoms with Gasteiger partial charge in [0.25, 0.3) is 5.91 Å². The van der Waals surface area contributed by atoms with Crippen molar-refractivity contribution in [3.63, 3.8) is 0 Å². The second-order valence-electron chi connectivity index (χ2n) is 4.21. The van der Waals surface area contributed by atoms with Gasteiger partial charge < -0.3 is 14.8 Å². The fourth-order valence-electron chi connectivity index (χ4n) is 1.50. The molecule has 1 aromatic carbocycles. The van der Waals surface area contributed by atoms with E-state index in [1.165, 1.54) is 31.2 Å². The summed E-state index contributed by atoms with van der Waals surface area (Å²) in [6.07, 6.45) is -0.277. The molecule has 21 heavy (non-hydrogen) atoms. The third kappa shape index (κ3) is 5.37. The van der Waals surface area contributed by atoms with Crippen LogP contribution in [-0.2, 0) is 9.53 Å². The van der Waals surface area contributed by atoms with Gasteiger partial charge in [-0.3, -0.25) is 4.79 Å². The molecule has 5 nitrogen and oxygen atoms in total. The zero-order valence-electron chi connectivity index (χ0n) is 11.8. The van der Waals surface area contributed by atoms with Crippen LogP contribution < -0.4 is 10.1 Å². The van der Waals surface area contributed by atoms with Crippen molar-refractivity contribution < 1.29 is 27.8 Å². The normalized spacial score (nSPS) is 11.9. The molecule has 0 heterocycles. The number of hydrogen-bond acceptors (Lipinski definition) is 4. The van der Waals surface area contributed by atoms with E-state index in [9.17, 15) is 18.4 Å². The minimum absolute atomic E-state index is 0.159. The summed E-state index contributed by atoms with van der Waals surface area (Å²) < 4.78 is 33.7. The number of alkyl halides is 2. The minimum atomic E-state index is -3.05. The molecule has 0 spiro atoms. The van der Waals surface area contributed by atoms with Gasteiger partial charge in [-0.15, -0.1) is 0 Å². The predicted molar refractivity (Wildman–Crippen MR) is 71.3 cm³/mol. The van der Waals surface area contributed by atoms with Gasteiger partial charge in [0.2, 0.25) is 0 Å². The van der Waals surface area contributed by atoms with Crippen molar-refractivity contribution in [1.29, 1.82) is 0 Å². The van der Waals surface area contributed by atoms with Crippen molar-refractivity contribution in [2.24, 2.45) is 0 Å². The van der Waals surface area contributed by atoms with Crippen LogP contribution in [-0.4, -0.2) is 31.1 Å². The summed E-state index contributed by atoms with van der Waals surface area (Å²) in [4.78, 5) is 23.5. The number of carbonyl (C=O) groups excluding carboxylic acids is 2. The second-order valence-corrected chi connectivity index (χ2v) is 4.21. The molecule has 0 saturated carbocycles. The van der Waals surface area contributed by atoms with Crippen LogP contribution >= 0.6 is 0 Å². The van der Waals surface area contributed by atoms with Gasteiger partial charge >= 0.3 is 12.6 Å². The van der Waals surface area contributed by atoms with Crippen molar-refractivity contribution in [1.82, 2.24) is 5.32 Å². The molecule has 0 radical (unpaired) electrons. The molecule has 116 valence electrons. The summed E-state index contributed by atoms with van der Waals surface area (Å²) in [6, 6.07) is 5.45. The molecular weight excluding hydrogens is 284 g/mol. The lowest BCUT2D eigenvalue weighted by Crippen LogP contribution is -2.36. The van der Waals surface area contributed by atoms with Crippen molar-refractivity contribution in [3.05, 3.63) is 29.8 Å². The molecular formula is C14H17F2NO4. The molecule has 0 aliphatic carbocycles. The largest absolute Gasteiger partial charge is 0.449 e. The zero-order chi connectivity index (χ0) is 15.8. The van der Waals surface area contributed by atoms with Gasteiger partial charge in [-0.25, -0.2) is 4.79 Å². The Bertz CT molecular complexity index is 494. The van der Waals surface area contributed by atoms with E-state index < -0.39 is 24.6 Å². The van der Waals surface area contributed by atoms with E-state index in [1.807, 2.05) is 6.92 Å². The quantitative estimate of drug-likeness (QED) is 0.785. The number of ether oxygens (including phenoxy) is 2. The van der Waals surface area contributed by atoms with Crippen molar-refractivity contribution >= 4 is 11.9 Å². The Balaban J connectivity index is 2.73. The molecule has 1 N–H and O–H groups in total. The van der Waals surface area contributed by atoms with E-state index >= 15 is 0 Å². The van der Waals surface area contributed by atoms with Crippen LogP contribution in [0.3, 0.4) is 0 Å². The number of esters is 1. The summed E-state index contributed by atoms with van der Waals surface area (Å²) >= 11 is 0. The summed E-state index contributed by atoms with van der Waals surface area (Å²) in [5, 5.41) is 2.57. The number of benzene rings is 1. The van der Waals surface area contributed by atoms with E-state index in [0.717, 1.165) is 6.42 Å². The Morgan fingerprint density at radius 1 is 1.29 bits per heavy atom. The van der Waals surface area contributed by atoms with E-state index in [0.29, 0.717) is 6.54 Å². The van der Waals surface area contributed by atoms with Gasteiger partial charge in [0.15, 0.2) is 6.10 Å². The monoisotopic (exact) mass is 301 g/mol. The Kier molecular flexibility index (Phi) is 6.58. The standard InChI is InChI=1S/C14H17F2NO4/c1-3-8-17-12(18)9(2)20-13(19)10-6-4-5-7-11(10)21-14(15)16/h4-7,9,14H,3,8H2,1-2H3,(H,17,18). The molecule has 0 fully saturated rings. The lowest BCUT2D eigenvalue weighted by Gasteiger charge is -2.14. The SMILES string of the molecule is CCCNC(=O)C(C)OC(=O)c1ccccc1OC(F)F. The van der Waals surface area contributed by atoms with Gasteiger partial charge in [0.1, 0.15) is 11.3 Å². The molecule has 0 saturated heterocycles. The van der Waals surface area contributed by atoms with E-state index in [2.05, 4.69) is 10.1 Å². The van der Waals surface area contributed by atoms with Crippen LogP contribution in [0.4, 0.5) is 8.78 Å². The molecule has 1 rings (SSSR count). The highest BCUT2D eigenvalue weighted by Gasteiger charge is 2.21. The van der Waals surface area contributed by atoms with Crippen molar-refractivity contribution in [2.75, 3.05) is 6.54 Å². The van der Waals surface area contributed by atoms with Crippen LogP contribution in [0.5, 0.6) is 5.75 Å². The predicted octanol–water partition coefficient (Wildman–Crippen LogP) is 2.36. The summed E-state index contributed by atoms with van der Waals surface area (Å²) in [5.41, 5.74) is -0.159. The smallest absolute Gasteiger partial charge is 0.387 e. The molecule has 0 aliphatic rings. The first-order valence-electron chi connectivity index (χ1n) is 6.48. The Morgan fingerprint density at radius 3 is 2.57 bits per heavy atom. The fourth-order valence-corrected chi connectivity index (χ4v) is 1.50. The Morgan fingerprint density at radius 2 is 1.95 bits per heavy atom. The van der Waals surface area contributed by atoms with Crippen LogP contribution in [0.25, 0.3) is 0 Å². The van der Waals surface area contributed by atoms with Crippen molar-refractivity contribution in [2.45, 2.75) is 33.0 Å². The number of para-hydroxylation sites is 1. The molecule has 0 aromatic heterocycles. The number of carbonyl (C=O) groups is 2. The van der Waals surface area contributed by atoms with Crippen molar-refractivity contribution in [3.8, 4) is 5.75 Å². The number of halogens is 2. The first-order valence-corrected chi connectivity index (χ1v) is 6.48. The maximum absolute atomic E-state index is 12.3. The highest BCUT2D eigenvalue weighted by Crippen LogP contribution is 2.21. The van der Waals surface area contributed by atoms with E-state index in [1.54, 1.807) is 0 Å². The topological polar surface area (TPSA) is 64.6 Å². The fraction of sp³-hybridized carbons (Fsp3) is 0.429. The highest BCUT2D eigenvalue weighted by molar-refractivity contribution is 5.94. The first-order chi connectivity index (χ1) is 9.95. The molecule has 1 unspecified atom stereocenters. The van der Waals surface area contributed by atoms with Gasteiger partial charge in [-0.1, -0.05) is 19.1 Å². The number of hydrogen-bond donors (Lipinski definition) is 1. The van der Waals surface area contributed by atoms with Gasteiger partial charge in [0, 0.05) is 6.54 Å². The summed E-state index contributed by atoms with van der Waals surface area (Å²) in [6.45, 7) is 0.699. The average Bonchev–Trinajstić information content (AvgIpc) is 2.44. The van der Waals surface area contributed by atoms with Crippen LogP contribution in [0.1, 0.15) is 30.6 Å². The van der Waals surface area contributed by atoms with Crippen LogP contribution in [0.15, 0.2) is 24.3 Å². The molecule has 7 heteroatoms. The number of rotatable bonds is 7. The summed E-state index contributed by atoms with van der Waals surface area (Å²) in [7, 11) is 0. The molecule has 0 aliphatic heterocycles. The maximum Gasteiger partial charge on any atom is 0.387 e. The third-order valence-electron chi connectivity index (χ3n) is 2.53. The third-order valence-corrected chi connectivity index (χ3v) is 2.53. The molecule has 1 atom stereocenters. The van der Waals surface area contributed by atoms with E-state index in [4.69, 9.17) is 4.74 Å². The molecule has 1 amide bonds. The van der Waals surface area contributed by atoms with Gasteiger partial charge in [-0.2, -0.15) is 8.78 Å². The number of nitrogens with one attached hydrogen (secondary N) is 1. The minimum Gasteiger partial charge on any atom is -0.449 e. The van der Waals surface area contributed by atoms with Crippen LogP contribution in [0.2, 0.25) is 0 Å². The lowest BCUT2D eigenvalue weighted by atomic mass is 10.2. The summed E-state index contributed by atoms with van der Waals surface area (Å²) in [5.74, 6) is -1.64. The number of amides is 1. The Hall–Kier alpha value is -2.18. The molecule has 0 bridgehead atoms. The first kappa shape index (κ1) is 16.9. The van der Waals surface area contributed by atoms with Gasteiger partial charge in [0.05, 0.1) is 0 Å². The second kappa shape index (κ2) is 8.18. The van der Waals surface area contributed by atoms with E-state index in [-0.39, 0.29) is 11.3 Å². The lowest BCUT2D eigenvalue weighted by molar-refractivity contribution is -0.129. The Labute approximate surface area is 121 Å². The van der Waals surface area contributed by atoms with Crippen LogP contribution in [0, 0.1) is 0 Å². The highest BCUT2D eigenvalue weighted by atomic mass is 19.3. The average molecular weight is 301 g/mol. The molecule has 1 aromatic rings.